The van der Waals surface area contributed by atoms with Crippen LogP contribution in [0.1, 0.15) is 32.3 Å². The third kappa shape index (κ3) is 3.45. The first kappa shape index (κ1) is 10.0. The van der Waals surface area contributed by atoms with Crippen molar-refractivity contribution in [3.8, 4) is 0 Å². The van der Waals surface area contributed by atoms with Gasteiger partial charge in [-0.15, -0.1) is 0 Å². The fraction of sp³-hybridized carbons (Fsp3) is 0.385. The second-order valence-corrected chi connectivity index (χ2v) is 3.83. The Balaban J connectivity index is 2.64. The number of allylic oxidation sites excluding steroid dienone is 2. The van der Waals surface area contributed by atoms with Gasteiger partial charge in [0, 0.05) is 0 Å². The number of benzene rings is 1. The van der Waals surface area contributed by atoms with Crippen LogP contribution in [0.4, 0.5) is 0 Å². The lowest BCUT2D eigenvalue weighted by Crippen LogP contribution is -1.89. The maximum atomic E-state index is 2.28. The standard InChI is InChI=1S/C13H18/c1-11(2)9-10-12(3)13-7-5-4-6-8-13/h4-12H,1-3H3/b10-9+/t12-/m1/s1. The van der Waals surface area contributed by atoms with Gasteiger partial charge in [-0.2, -0.15) is 0 Å². The molecule has 0 saturated carbocycles. The molecule has 0 heterocycles. The van der Waals surface area contributed by atoms with Crippen molar-refractivity contribution in [2.24, 2.45) is 5.92 Å². The molecular weight excluding hydrogens is 156 g/mol. The second-order valence-electron chi connectivity index (χ2n) is 3.83. The fourth-order valence-corrected chi connectivity index (χ4v) is 1.26. The van der Waals surface area contributed by atoms with E-state index < -0.39 is 0 Å². The summed E-state index contributed by atoms with van der Waals surface area (Å²) in [4.78, 5) is 0. The molecule has 1 rings (SSSR count). The first-order chi connectivity index (χ1) is 6.20. The summed E-state index contributed by atoms with van der Waals surface area (Å²) in [5.41, 5.74) is 1.39. The molecule has 13 heavy (non-hydrogen) atoms. The van der Waals surface area contributed by atoms with Crippen LogP contribution in [-0.4, -0.2) is 0 Å². The summed E-state index contributed by atoms with van der Waals surface area (Å²) < 4.78 is 0. The molecular formula is C13H18. The van der Waals surface area contributed by atoms with Crippen molar-refractivity contribution in [3.05, 3.63) is 48.0 Å². The summed E-state index contributed by atoms with van der Waals surface area (Å²) in [6.07, 6.45) is 4.54. The van der Waals surface area contributed by atoms with Gasteiger partial charge in [0.05, 0.1) is 0 Å². The van der Waals surface area contributed by atoms with Crippen molar-refractivity contribution >= 4 is 0 Å². The van der Waals surface area contributed by atoms with Crippen LogP contribution in [-0.2, 0) is 0 Å². The van der Waals surface area contributed by atoms with Crippen LogP contribution in [0.5, 0.6) is 0 Å². The molecule has 0 bridgehead atoms. The van der Waals surface area contributed by atoms with Crippen LogP contribution in [0, 0.1) is 5.92 Å². The minimum Gasteiger partial charge on any atom is -0.0854 e. The number of hydrogen-bond donors (Lipinski definition) is 0. The highest BCUT2D eigenvalue weighted by Gasteiger charge is 1.98. The zero-order chi connectivity index (χ0) is 9.68. The molecule has 0 fully saturated rings. The number of rotatable bonds is 3. The zero-order valence-electron chi connectivity index (χ0n) is 8.70. The van der Waals surface area contributed by atoms with E-state index >= 15 is 0 Å². The topological polar surface area (TPSA) is 0 Å². The molecule has 1 aromatic carbocycles. The third-order valence-corrected chi connectivity index (χ3v) is 2.11. The molecule has 0 saturated heterocycles. The van der Waals surface area contributed by atoms with Gasteiger partial charge in [0.1, 0.15) is 0 Å². The Kier molecular flexibility index (Phi) is 3.75. The van der Waals surface area contributed by atoms with Crippen LogP contribution in [0.25, 0.3) is 0 Å². The Bertz CT molecular complexity index is 257. The van der Waals surface area contributed by atoms with Crippen molar-refractivity contribution in [1.29, 1.82) is 0 Å². The third-order valence-electron chi connectivity index (χ3n) is 2.11. The zero-order valence-corrected chi connectivity index (χ0v) is 8.70. The van der Waals surface area contributed by atoms with E-state index in [0.29, 0.717) is 11.8 Å². The molecule has 1 atom stereocenters. The Labute approximate surface area is 81.3 Å². The first-order valence-corrected chi connectivity index (χ1v) is 4.93. The summed E-state index contributed by atoms with van der Waals surface area (Å²) in [6.45, 7) is 6.64. The van der Waals surface area contributed by atoms with Crippen LogP contribution < -0.4 is 0 Å². The van der Waals surface area contributed by atoms with Gasteiger partial charge in [-0.05, 0) is 17.4 Å². The number of hydrogen-bond acceptors (Lipinski definition) is 0. The van der Waals surface area contributed by atoms with Crippen LogP contribution in [0.15, 0.2) is 42.5 Å². The smallest absolute Gasteiger partial charge is 0.00103 e. The van der Waals surface area contributed by atoms with E-state index in [9.17, 15) is 0 Å². The monoisotopic (exact) mass is 174 g/mol. The Hall–Kier alpha value is -1.04. The van der Waals surface area contributed by atoms with Gasteiger partial charge in [-0.1, -0.05) is 63.3 Å². The summed E-state index contributed by atoms with van der Waals surface area (Å²) in [5, 5.41) is 0. The van der Waals surface area contributed by atoms with E-state index in [0.717, 1.165) is 0 Å². The van der Waals surface area contributed by atoms with E-state index in [1.165, 1.54) is 5.56 Å². The minimum absolute atomic E-state index is 0.531. The second kappa shape index (κ2) is 4.86. The Morgan fingerprint density at radius 1 is 0.923 bits per heavy atom. The molecule has 1 aromatic rings. The summed E-state index contributed by atoms with van der Waals surface area (Å²) >= 11 is 0. The fourth-order valence-electron chi connectivity index (χ4n) is 1.26. The van der Waals surface area contributed by atoms with Crippen molar-refractivity contribution in [2.45, 2.75) is 26.7 Å². The maximum absolute atomic E-state index is 2.28. The van der Waals surface area contributed by atoms with Gasteiger partial charge in [0.2, 0.25) is 0 Å². The normalized spacial score (nSPS) is 13.8. The molecule has 0 amide bonds. The highest BCUT2D eigenvalue weighted by atomic mass is 14.0. The van der Waals surface area contributed by atoms with E-state index in [-0.39, 0.29) is 0 Å². The summed E-state index contributed by atoms with van der Waals surface area (Å²) in [7, 11) is 0. The first-order valence-electron chi connectivity index (χ1n) is 4.93. The van der Waals surface area contributed by atoms with Crippen molar-refractivity contribution in [1.82, 2.24) is 0 Å². The highest BCUT2D eigenvalue weighted by Crippen LogP contribution is 2.16. The summed E-state index contributed by atoms with van der Waals surface area (Å²) in [5.74, 6) is 1.18. The largest absolute Gasteiger partial charge is 0.0854 e. The molecule has 70 valence electrons. The SMILES string of the molecule is CC(C)/C=C/[C@@H](C)c1ccccc1. The van der Waals surface area contributed by atoms with E-state index in [1.54, 1.807) is 0 Å². The van der Waals surface area contributed by atoms with Crippen LogP contribution in [0.2, 0.25) is 0 Å². The van der Waals surface area contributed by atoms with Gasteiger partial charge in [0.25, 0.3) is 0 Å². The van der Waals surface area contributed by atoms with E-state index in [2.05, 4.69) is 63.3 Å². The van der Waals surface area contributed by atoms with Crippen molar-refractivity contribution < 1.29 is 0 Å². The quantitative estimate of drug-likeness (QED) is 0.607. The van der Waals surface area contributed by atoms with Crippen LogP contribution >= 0.6 is 0 Å². The average molecular weight is 174 g/mol. The molecule has 0 N–H and O–H groups in total. The lowest BCUT2D eigenvalue weighted by molar-refractivity contribution is 0.815. The summed E-state index contributed by atoms with van der Waals surface area (Å²) in [6, 6.07) is 10.6. The highest BCUT2D eigenvalue weighted by molar-refractivity contribution is 5.22. The molecule has 0 aliphatic rings. The molecule has 0 aromatic heterocycles. The molecule has 0 spiro atoms. The van der Waals surface area contributed by atoms with E-state index in [1.807, 2.05) is 0 Å². The van der Waals surface area contributed by atoms with Gasteiger partial charge in [-0.3, -0.25) is 0 Å². The predicted octanol–water partition coefficient (Wildman–Crippen LogP) is 4.00. The predicted molar refractivity (Wildman–Crippen MR) is 58.8 cm³/mol. The lowest BCUT2D eigenvalue weighted by atomic mass is 9.99. The van der Waals surface area contributed by atoms with Gasteiger partial charge < -0.3 is 0 Å². The van der Waals surface area contributed by atoms with Crippen LogP contribution in [0.3, 0.4) is 0 Å². The molecule has 0 unspecified atom stereocenters. The molecule has 0 aliphatic carbocycles. The van der Waals surface area contributed by atoms with Crippen molar-refractivity contribution in [3.63, 3.8) is 0 Å². The van der Waals surface area contributed by atoms with Gasteiger partial charge in [0.15, 0.2) is 0 Å². The maximum Gasteiger partial charge on any atom is -0.00103 e. The van der Waals surface area contributed by atoms with E-state index in [4.69, 9.17) is 0 Å². The van der Waals surface area contributed by atoms with Gasteiger partial charge in [-0.25, -0.2) is 0 Å². The Morgan fingerprint density at radius 2 is 1.54 bits per heavy atom. The molecule has 0 radical (unpaired) electrons. The van der Waals surface area contributed by atoms with Crippen molar-refractivity contribution in [2.75, 3.05) is 0 Å². The molecule has 0 heteroatoms. The lowest BCUT2D eigenvalue weighted by Gasteiger charge is -2.06. The van der Waals surface area contributed by atoms with Gasteiger partial charge >= 0.3 is 0 Å². The minimum atomic E-state index is 0.531. The molecule has 0 aliphatic heterocycles. The molecule has 0 nitrogen and oxygen atoms in total. The Morgan fingerprint density at radius 3 is 2.08 bits per heavy atom. The average Bonchev–Trinajstić information content (AvgIpc) is 2.15.